The summed E-state index contributed by atoms with van der Waals surface area (Å²) in [5, 5.41) is 0. The number of ether oxygens (including phenoxy) is 1. The number of hydrogen-bond donors (Lipinski definition) is 0. The molecule has 1 fully saturated rings. The molecule has 0 atom stereocenters. The summed E-state index contributed by atoms with van der Waals surface area (Å²) in [4.78, 5) is 17.4. The molecule has 156 valence electrons. The Balaban J connectivity index is 1.61. The zero-order valence-corrected chi connectivity index (χ0v) is 19.0. The minimum absolute atomic E-state index is 0.0210. The van der Waals surface area contributed by atoms with Gasteiger partial charge in [-0.25, -0.2) is 8.42 Å². The number of halogens is 1. The number of sulfone groups is 1. The summed E-state index contributed by atoms with van der Waals surface area (Å²) < 4.78 is 29.2. The predicted molar refractivity (Wildman–Crippen MR) is 116 cm³/mol. The molecule has 0 aliphatic carbocycles. The number of nitrogens with zero attached hydrogens (tertiary/aromatic N) is 2. The van der Waals surface area contributed by atoms with Crippen molar-refractivity contribution in [1.82, 2.24) is 9.80 Å². The number of benzene rings is 2. The highest BCUT2D eigenvalue weighted by molar-refractivity contribution is 9.10. The van der Waals surface area contributed by atoms with Crippen LogP contribution in [0.5, 0.6) is 5.75 Å². The van der Waals surface area contributed by atoms with Crippen LogP contribution in [-0.2, 0) is 16.4 Å². The van der Waals surface area contributed by atoms with Crippen LogP contribution in [0, 0.1) is 0 Å². The van der Waals surface area contributed by atoms with E-state index in [-0.39, 0.29) is 5.91 Å². The lowest BCUT2D eigenvalue weighted by atomic mass is 10.2. The van der Waals surface area contributed by atoms with Crippen LogP contribution in [0.4, 0.5) is 0 Å². The summed E-state index contributed by atoms with van der Waals surface area (Å²) in [7, 11) is -1.58. The minimum Gasteiger partial charge on any atom is -0.496 e. The Hall–Kier alpha value is -1.90. The average molecular weight is 481 g/mol. The second kappa shape index (κ2) is 9.28. The van der Waals surface area contributed by atoms with Crippen LogP contribution in [0.3, 0.4) is 0 Å². The van der Waals surface area contributed by atoms with E-state index in [1.807, 2.05) is 17.0 Å². The molecular weight excluding hydrogens is 456 g/mol. The van der Waals surface area contributed by atoms with Crippen molar-refractivity contribution in [1.29, 1.82) is 0 Å². The average Bonchev–Trinajstić information content (AvgIpc) is 2.92. The van der Waals surface area contributed by atoms with Gasteiger partial charge in [-0.1, -0.05) is 12.1 Å². The van der Waals surface area contributed by atoms with Crippen molar-refractivity contribution in [2.45, 2.75) is 17.9 Å². The molecule has 1 saturated heterocycles. The van der Waals surface area contributed by atoms with Crippen molar-refractivity contribution in [3.05, 3.63) is 58.1 Å². The van der Waals surface area contributed by atoms with E-state index in [9.17, 15) is 13.2 Å². The van der Waals surface area contributed by atoms with E-state index in [4.69, 9.17) is 4.74 Å². The van der Waals surface area contributed by atoms with E-state index in [2.05, 4.69) is 20.8 Å². The highest BCUT2D eigenvalue weighted by Gasteiger charge is 2.21. The molecule has 0 saturated carbocycles. The third-order valence-electron chi connectivity index (χ3n) is 5.03. The molecule has 0 aromatic heterocycles. The molecule has 8 heteroatoms. The second-order valence-corrected chi connectivity index (χ2v) is 10.1. The zero-order valence-electron chi connectivity index (χ0n) is 16.6. The molecule has 1 aliphatic heterocycles. The van der Waals surface area contributed by atoms with Crippen molar-refractivity contribution >= 4 is 31.7 Å². The maximum absolute atomic E-state index is 12.9. The first-order valence-electron chi connectivity index (χ1n) is 9.42. The van der Waals surface area contributed by atoms with Crippen molar-refractivity contribution in [3.8, 4) is 5.75 Å². The molecule has 2 aromatic rings. The Labute approximate surface area is 180 Å². The van der Waals surface area contributed by atoms with E-state index in [1.165, 1.54) is 6.26 Å². The lowest BCUT2D eigenvalue weighted by Gasteiger charge is -2.22. The fourth-order valence-electron chi connectivity index (χ4n) is 3.41. The largest absolute Gasteiger partial charge is 0.496 e. The monoisotopic (exact) mass is 480 g/mol. The molecule has 3 rings (SSSR count). The second-order valence-electron chi connectivity index (χ2n) is 7.19. The van der Waals surface area contributed by atoms with E-state index in [0.717, 1.165) is 36.1 Å². The van der Waals surface area contributed by atoms with Gasteiger partial charge in [-0.2, -0.15) is 0 Å². The number of methoxy groups -OCH3 is 1. The van der Waals surface area contributed by atoms with E-state index in [0.29, 0.717) is 29.3 Å². The van der Waals surface area contributed by atoms with Gasteiger partial charge in [-0.05, 0) is 58.2 Å². The Morgan fingerprint density at radius 1 is 1.07 bits per heavy atom. The molecule has 1 amide bonds. The smallest absolute Gasteiger partial charge is 0.253 e. The van der Waals surface area contributed by atoms with Gasteiger partial charge in [0.2, 0.25) is 0 Å². The molecule has 1 heterocycles. The van der Waals surface area contributed by atoms with Gasteiger partial charge >= 0.3 is 0 Å². The van der Waals surface area contributed by atoms with Crippen LogP contribution < -0.4 is 4.74 Å². The van der Waals surface area contributed by atoms with Crippen molar-refractivity contribution in [2.24, 2.45) is 0 Å². The van der Waals surface area contributed by atoms with Crippen molar-refractivity contribution in [2.75, 3.05) is 39.5 Å². The predicted octanol–water partition coefficient (Wildman–Crippen LogP) is 3.21. The van der Waals surface area contributed by atoms with E-state index >= 15 is 0 Å². The van der Waals surface area contributed by atoms with E-state index < -0.39 is 9.84 Å². The van der Waals surface area contributed by atoms with Gasteiger partial charge in [0.25, 0.3) is 5.91 Å². The lowest BCUT2D eigenvalue weighted by Crippen LogP contribution is -2.35. The van der Waals surface area contributed by atoms with Gasteiger partial charge in [0.1, 0.15) is 5.75 Å². The Bertz CT molecular complexity index is 977. The number of carbonyl (C=O) groups excluding carboxylic acids is 1. The molecule has 6 nitrogen and oxygen atoms in total. The molecular formula is C21H25BrN2O4S. The van der Waals surface area contributed by atoms with Gasteiger partial charge in [-0.15, -0.1) is 0 Å². The number of amides is 1. The van der Waals surface area contributed by atoms with Crippen molar-refractivity contribution in [3.63, 3.8) is 0 Å². The lowest BCUT2D eigenvalue weighted by molar-refractivity contribution is 0.0761. The van der Waals surface area contributed by atoms with Gasteiger partial charge in [0, 0.05) is 44.5 Å². The molecule has 0 radical (unpaired) electrons. The first kappa shape index (κ1) is 21.8. The molecule has 0 N–H and O–H groups in total. The Morgan fingerprint density at radius 3 is 2.41 bits per heavy atom. The molecule has 1 aliphatic rings. The molecule has 0 bridgehead atoms. The van der Waals surface area contributed by atoms with Crippen molar-refractivity contribution < 1.29 is 17.9 Å². The van der Waals surface area contributed by atoms with E-state index in [1.54, 1.807) is 37.4 Å². The first-order chi connectivity index (χ1) is 13.8. The quantitative estimate of drug-likeness (QED) is 0.657. The highest BCUT2D eigenvalue weighted by Crippen LogP contribution is 2.26. The summed E-state index contributed by atoms with van der Waals surface area (Å²) in [6, 6.07) is 12.4. The highest BCUT2D eigenvalue weighted by atomic mass is 79.9. The fourth-order valence-corrected chi connectivity index (χ4v) is 4.59. The molecule has 2 aromatic carbocycles. The number of hydrogen-bond acceptors (Lipinski definition) is 5. The Morgan fingerprint density at radius 2 is 1.79 bits per heavy atom. The van der Waals surface area contributed by atoms with Crippen LogP contribution in [0.15, 0.2) is 51.8 Å². The topological polar surface area (TPSA) is 66.9 Å². The van der Waals surface area contributed by atoms with Crippen LogP contribution >= 0.6 is 15.9 Å². The summed E-state index contributed by atoms with van der Waals surface area (Å²) in [5.74, 6) is 0.721. The summed E-state index contributed by atoms with van der Waals surface area (Å²) in [5.41, 5.74) is 1.71. The summed E-state index contributed by atoms with van der Waals surface area (Å²) in [6.45, 7) is 3.77. The summed E-state index contributed by atoms with van der Waals surface area (Å²) >= 11 is 3.44. The first-order valence-corrected chi connectivity index (χ1v) is 12.1. The van der Waals surface area contributed by atoms with Gasteiger partial charge in [0.05, 0.1) is 16.5 Å². The van der Waals surface area contributed by atoms with Gasteiger partial charge < -0.3 is 9.64 Å². The summed E-state index contributed by atoms with van der Waals surface area (Å²) in [6.07, 6.45) is 2.11. The van der Waals surface area contributed by atoms with Crippen LogP contribution in [0.2, 0.25) is 0 Å². The van der Waals surface area contributed by atoms with Gasteiger partial charge in [-0.3, -0.25) is 9.69 Å². The SMILES string of the molecule is COc1ccc(C(=O)N2CCCN(Cc3ccc(S(C)(=O)=O)cc3)CC2)cc1Br. The van der Waals surface area contributed by atoms with Crippen LogP contribution in [0.1, 0.15) is 22.3 Å². The van der Waals surface area contributed by atoms with Crippen LogP contribution in [0.25, 0.3) is 0 Å². The number of rotatable bonds is 5. The maximum atomic E-state index is 12.9. The molecule has 29 heavy (non-hydrogen) atoms. The third-order valence-corrected chi connectivity index (χ3v) is 6.78. The third kappa shape index (κ3) is 5.58. The number of carbonyl (C=O) groups is 1. The maximum Gasteiger partial charge on any atom is 0.253 e. The molecule has 0 unspecified atom stereocenters. The normalized spacial score (nSPS) is 15.8. The molecule has 0 spiro atoms. The Kier molecular flexibility index (Phi) is 6.97. The fraction of sp³-hybridized carbons (Fsp3) is 0.381. The minimum atomic E-state index is -3.18. The van der Waals surface area contributed by atoms with Gasteiger partial charge in [0.15, 0.2) is 9.84 Å². The van der Waals surface area contributed by atoms with Crippen LogP contribution in [-0.4, -0.2) is 63.7 Å². The standard InChI is InChI=1S/C21H25BrN2O4S/c1-28-20-9-6-17(14-19(20)22)21(25)24-11-3-10-23(12-13-24)15-16-4-7-18(8-5-16)29(2,26)27/h4-9,14H,3,10-13,15H2,1-2H3. The zero-order chi connectivity index (χ0) is 21.0.